The average molecular weight is 447 g/mol. The molecule has 1 saturated heterocycles. The number of ether oxygens (including phenoxy) is 2. The molecule has 0 spiro atoms. The van der Waals surface area contributed by atoms with Crippen molar-refractivity contribution in [2.75, 3.05) is 18.6 Å². The normalized spacial score (nSPS) is 21.2. The third kappa shape index (κ3) is 4.31. The van der Waals surface area contributed by atoms with Crippen molar-refractivity contribution in [2.24, 2.45) is 0 Å². The fraction of sp³-hybridized carbons (Fsp3) is 0.333. The fourth-order valence-corrected chi connectivity index (χ4v) is 4.79. The molecule has 0 unspecified atom stereocenters. The van der Waals surface area contributed by atoms with Crippen LogP contribution in [-0.2, 0) is 20.7 Å². The molecular formula is C27H30N2O4. The first-order valence-corrected chi connectivity index (χ1v) is 11.2. The quantitative estimate of drug-likeness (QED) is 0.619. The van der Waals surface area contributed by atoms with Gasteiger partial charge in [0, 0.05) is 5.57 Å². The third-order valence-electron chi connectivity index (χ3n) is 6.29. The van der Waals surface area contributed by atoms with Gasteiger partial charge in [0.05, 0.1) is 31.5 Å². The van der Waals surface area contributed by atoms with Crippen LogP contribution in [0.15, 0.2) is 72.8 Å². The fourth-order valence-electron chi connectivity index (χ4n) is 4.79. The highest BCUT2D eigenvalue weighted by Gasteiger charge is 2.47. The molecule has 0 radical (unpaired) electrons. The lowest BCUT2D eigenvalue weighted by molar-refractivity contribution is -0.142. The molecular weight excluding hydrogens is 416 g/mol. The van der Waals surface area contributed by atoms with E-state index in [-0.39, 0.29) is 11.9 Å². The predicted molar refractivity (Wildman–Crippen MR) is 129 cm³/mol. The molecule has 2 heterocycles. The summed E-state index contributed by atoms with van der Waals surface area (Å²) >= 11 is 0. The molecule has 0 saturated carbocycles. The summed E-state index contributed by atoms with van der Waals surface area (Å²) in [6.07, 6.45) is 4.21. The van der Waals surface area contributed by atoms with Crippen molar-refractivity contribution in [3.63, 3.8) is 0 Å². The van der Waals surface area contributed by atoms with Crippen LogP contribution < -0.4 is 4.90 Å². The highest BCUT2D eigenvalue weighted by Crippen LogP contribution is 2.38. The lowest BCUT2D eigenvalue weighted by Gasteiger charge is -2.40. The number of methoxy groups -OCH3 is 1. The summed E-state index contributed by atoms with van der Waals surface area (Å²) in [5, 5.41) is 0. The summed E-state index contributed by atoms with van der Waals surface area (Å²) < 4.78 is 11.2. The first-order chi connectivity index (χ1) is 15.9. The van der Waals surface area contributed by atoms with Gasteiger partial charge < -0.3 is 14.4 Å². The number of nitrogens with zero attached hydrogens (tertiary/aromatic N) is 2. The summed E-state index contributed by atoms with van der Waals surface area (Å²) in [4.78, 5) is 30.3. The number of hydrogen-bond acceptors (Lipinski definition) is 4. The van der Waals surface area contributed by atoms with Crippen molar-refractivity contribution in [3.8, 4) is 0 Å². The minimum absolute atomic E-state index is 0.121. The van der Waals surface area contributed by atoms with Gasteiger partial charge in [0.25, 0.3) is 5.91 Å². The number of fused-ring (bicyclic) bond motifs is 1. The number of benzene rings is 2. The molecule has 0 aromatic heterocycles. The Morgan fingerprint density at radius 3 is 2.55 bits per heavy atom. The summed E-state index contributed by atoms with van der Waals surface area (Å²) in [7, 11) is 1.35. The molecule has 4 rings (SSSR count). The van der Waals surface area contributed by atoms with Crippen molar-refractivity contribution >= 4 is 23.8 Å². The molecule has 2 amide bonds. The van der Waals surface area contributed by atoms with E-state index in [9.17, 15) is 9.59 Å². The monoisotopic (exact) mass is 446 g/mol. The SMILES string of the molecule is C=CC[C@H]1C(C(=O)N2[C@@H](Cc3ccccc3)COC2(C)C)=Cc2ccccc2N1C(=O)OC. The maximum absolute atomic E-state index is 14.1. The van der Waals surface area contributed by atoms with E-state index < -0.39 is 17.9 Å². The zero-order chi connectivity index (χ0) is 23.6. The summed E-state index contributed by atoms with van der Waals surface area (Å²) in [6.45, 7) is 8.14. The minimum atomic E-state index is -0.775. The topological polar surface area (TPSA) is 59.1 Å². The van der Waals surface area contributed by atoms with E-state index in [1.165, 1.54) is 7.11 Å². The van der Waals surface area contributed by atoms with Crippen molar-refractivity contribution in [2.45, 2.75) is 44.5 Å². The highest BCUT2D eigenvalue weighted by molar-refractivity contribution is 6.06. The van der Waals surface area contributed by atoms with Gasteiger partial charge in [-0.05, 0) is 50.0 Å². The second-order valence-corrected chi connectivity index (χ2v) is 8.82. The third-order valence-corrected chi connectivity index (χ3v) is 6.29. The Kier molecular flexibility index (Phi) is 6.38. The Balaban J connectivity index is 1.76. The van der Waals surface area contributed by atoms with Crippen LogP contribution in [0.2, 0.25) is 0 Å². The molecule has 2 aromatic carbocycles. The standard InChI is InChI=1S/C27H30N2O4/c1-5-11-24-22(17-20-14-9-10-15-23(20)28(24)26(31)32-4)25(30)29-21(18-33-27(29,2)3)16-19-12-7-6-8-13-19/h5-10,12-15,17,21,24H,1,11,16,18H2,2-4H3/t21-,24-/m0/s1. The number of carbonyl (C=O) groups excluding carboxylic acids is 2. The second kappa shape index (κ2) is 9.24. The van der Waals surface area contributed by atoms with Crippen LogP contribution in [0, 0.1) is 0 Å². The largest absolute Gasteiger partial charge is 0.452 e. The van der Waals surface area contributed by atoms with Crippen LogP contribution in [0.25, 0.3) is 6.08 Å². The van der Waals surface area contributed by atoms with Crippen LogP contribution in [0.1, 0.15) is 31.4 Å². The molecule has 6 heteroatoms. The van der Waals surface area contributed by atoms with Gasteiger partial charge in [-0.15, -0.1) is 6.58 Å². The first kappa shape index (κ1) is 22.8. The summed E-state index contributed by atoms with van der Waals surface area (Å²) in [5.74, 6) is -0.145. The van der Waals surface area contributed by atoms with Crippen molar-refractivity contribution in [1.29, 1.82) is 0 Å². The van der Waals surface area contributed by atoms with E-state index in [0.29, 0.717) is 30.7 Å². The van der Waals surface area contributed by atoms with Crippen molar-refractivity contribution < 1.29 is 19.1 Å². The molecule has 2 aliphatic heterocycles. The average Bonchev–Trinajstić information content (AvgIpc) is 3.12. The molecule has 1 fully saturated rings. The Bertz CT molecular complexity index is 1080. The predicted octanol–water partition coefficient (Wildman–Crippen LogP) is 4.81. The van der Waals surface area contributed by atoms with E-state index >= 15 is 0 Å². The van der Waals surface area contributed by atoms with Gasteiger partial charge in [0.15, 0.2) is 0 Å². The van der Waals surface area contributed by atoms with Gasteiger partial charge in [-0.1, -0.05) is 54.6 Å². The van der Waals surface area contributed by atoms with Gasteiger partial charge in [-0.2, -0.15) is 0 Å². The number of anilines is 1. The molecule has 33 heavy (non-hydrogen) atoms. The van der Waals surface area contributed by atoms with E-state index in [1.807, 2.05) is 67.3 Å². The zero-order valence-electron chi connectivity index (χ0n) is 19.4. The maximum atomic E-state index is 14.1. The van der Waals surface area contributed by atoms with Crippen molar-refractivity contribution in [3.05, 3.63) is 84.0 Å². The first-order valence-electron chi connectivity index (χ1n) is 11.2. The van der Waals surface area contributed by atoms with Crippen LogP contribution >= 0.6 is 0 Å². The number of para-hydroxylation sites is 1. The highest BCUT2D eigenvalue weighted by atomic mass is 16.5. The molecule has 0 bridgehead atoms. The molecule has 2 atom stereocenters. The van der Waals surface area contributed by atoms with Gasteiger partial charge >= 0.3 is 6.09 Å². The lowest BCUT2D eigenvalue weighted by atomic mass is 9.91. The molecule has 172 valence electrons. The Hall–Kier alpha value is -3.38. The smallest absolute Gasteiger partial charge is 0.414 e. The molecule has 2 aliphatic rings. The van der Waals surface area contributed by atoms with Crippen LogP contribution in [-0.4, -0.2) is 48.4 Å². The van der Waals surface area contributed by atoms with Crippen LogP contribution in [0.4, 0.5) is 10.5 Å². The van der Waals surface area contributed by atoms with E-state index in [2.05, 4.69) is 18.7 Å². The Morgan fingerprint density at radius 2 is 1.85 bits per heavy atom. The zero-order valence-corrected chi connectivity index (χ0v) is 19.4. The molecule has 2 aromatic rings. The summed E-state index contributed by atoms with van der Waals surface area (Å²) in [5.41, 5.74) is 2.40. The lowest BCUT2D eigenvalue weighted by Crippen LogP contribution is -2.53. The Morgan fingerprint density at radius 1 is 1.15 bits per heavy atom. The number of carbonyl (C=O) groups is 2. The molecule has 0 aliphatic carbocycles. The van der Waals surface area contributed by atoms with Crippen LogP contribution in [0.3, 0.4) is 0 Å². The van der Waals surface area contributed by atoms with E-state index in [1.54, 1.807) is 11.0 Å². The van der Waals surface area contributed by atoms with E-state index in [0.717, 1.165) is 11.1 Å². The van der Waals surface area contributed by atoms with Gasteiger partial charge in [-0.25, -0.2) is 4.79 Å². The summed E-state index contributed by atoms with van der Waals surface area (Å²) in [6, 6.07) is 17.0. The van der Waals surface area contributed by atoms with Gasteiger partial charge in [0.2, 0.25) is 0 Å². The van der Waals surface area contributed by atoms with Gasteiger partial charge in [-0.3, -0.25) is 9.69 Å². The minimum Gasteiger partial charge on any atom is -0.452 e. The molecule has 6 nitrogen and oxygen atoms in total. The maximum Gasteiger partial charge on any atom is 0.414 e. The van der Waals surface area contributed by atoms with Crippen LogP contribution in [0.5, 0.6) is 0 Å². The number of rotatable bonds is 5. The number of hydrogen-bond donors (Lipinski definition) is 0. The van der Waals surface area contributed by atoms with Crippen molar-refractivity contribution in [1.82, 2.24) is 4.90 Å². The Labute approximate surface area is 195 Å². The molecule has 0 N–H and O–H groups in total. The van der Waals surface area contributed by atoms with Gasteiger partial charge in [0.1, 0.15) is 5.72 Å². The van der Waals surface area contributed by atoms with E-state index in [4.69, 9.17) is 9.47 Å². The second-order valence-electron chi connectivity index (χ2n) is 8.82. The number of amides is 2.